The second kappa shape index (κ2) is 10.8. The highest BCUT2D eigenvalue weighted by molar-refractivity contribution is 5.68. The summed E-state index contributed by atoms with van der Waals surface area (Å²) in [6.07, 6.45) is 4.44. The standard InChI is InChI=1S/C24H27F2N7O2/c1-15-19(25)10-17(12-28-15)30-21-16(11-27)9-20(26)22(32-21)31-18(14-33-7-5-6-8-33)13-29-23(34)35-24(2,3)4/h5-10,12,18H,13-14H2,1-4H3,(H,29,34)(H2,30,31,32)/t18-/m0/s1. The number of aryl methyl sites for hydroxylation is 1. The zero-order valence-corrected chi connectivity index (χ0v) is 19.9. The van der Waals surface area contributed by atoms with Gasteiger partial charge in [0.05, 0.1) is 29.2 Å². The molecule has 3 heterocycles. The lowest BCUT2D eigenvalue weighted by Gasteiger charge is -2.24. The van der Waals surface area contributed by atoms with Crippen LogP contribution in [0.15, 0.2) is 42.9 Å². The van der Waals surface area contributed by atoms with Crippen molar-refractivity contribution in [3.8, 4) is 6.07 Å². The Morgan fingerprint density at radius 3 is 2.54 bits per heavy atom. The zero-order chi connectivity index (χ0) is 25.6. The predicted octanol–water partition coefficient (Wildman–Crippen LogP) is 4.49. The van der Waals surface area contributed by atoms with Crippen molar-refractivity contribution in [2.45, 2.75) is 45.9 Å². The van der Waals surface area contributed by atoms with E-state index in [-0.39, 0.29) is 35.1 Å². The van der Waals surface area contributed by atoms with Crippen LogP contribution in [0.2, 0.25) is 0 Å². The summed E-state index contributed by atoms with van der Waals surface area (Å²) in [5.41, 5.74) is -0.261. The lowest BCUT2D eigenvalue weighted by atomic mass is 10.2. The van der Waals surface area contributed by atoms with Gasteiger partial charge in [-0.3, -0.25) is 4.98 Å². The van der Waals surface area contributed by atoms with Crippen molar-refractivity contribution in [1.29, 1.82) is 5.26 Å². The topological polar surface area (TPSA) is 117 Å². The van der Waals surface area contributed by atoms with Crippen LogP contribution in [0.5, 0.6) is 0 Å². The van der Waals surface area contributed by atoms with Gasteiger partial charge in [-0.05, 0) is 45.9 Å². The minimum absolute atomic E-state index is 0.0290. The molecule has 0 saturated heterocycles. The van der Waals surface area contributed by atoms with Gasteiger partial charge in [0.2, 0.25) is 0 Å². The number of rotatable bonds is 8. The van der Waals surface area contributed by atoms with Gasteiger partial charge >= 0.3 is 6.09 Å². The molecule has 184 valence electrons. The summed E-state index contributed by atoms with van der Waals surface area (Å²) in [6.45, 7) is 7.25. The highest BCUT2D eigenvalue weighted by atomic mass is 19.1. The van der Waals surface area contributed by atoms with Gasteiger partial charge in [0, 0.05) is 31.5 Å². The quantitative estimate of drug-likeness (QED) is 0.432. The zero-order valence-electron chi connectivity index (χ0n) is 19.9. The van der Waals surface area contributed by atoms with E-state index in [9.17, 15) is 18.8 Å². The summed E-state index contributed by atoms with van der Waals surface area (Å²) in [5.74, 6) is -1.40. The van der Waals surface area contributed by atoms with Crippen LogP contribution < -0.4 is 16.0 Å². The third kappa shape index (κ3) is 7.40. The summed E-state index contributed by atoms with van der Waals surface area (Å²) in [4.78, 5) is 20.3. The van der Waals surface area contributed by atoms with Crippen molar-refractivity contribution in [3.63, 3.8) is 0 Å². The number of hydrogen-bond acceptors (Lipinski definition) is 7. The van der Waals surface area contributed by atoms with Crippen molar-refractivity contribution in [2.75, 3.05) is 17.2 Å². The molecule has 0 unspecified atom stereocenters. The maximum Gasteiger partial charge on any atom is 0.407 e. The molecule has 1 amide bonds. The highest BCUT2D eigenvalue weighted by Crippen LogP contribution is 2.24. The van der Waals surface area contributed by atoms with Crippen LogP contribution in [0.1, 0.15) is 32.0 Å². The molecule has 0 spiro atoms. The molecule has 3 aromatic heterocycles. The fourth-order valence-electron chi connectivity index (χ4n) is 3.10. The second-order valence-corrected chi connectivity index (χ2v) is 8.85. The number of nitriles is 1. The van der Waals surface area contributed by atoms with Crippen molar-refractivity contribution in [2.24, 2.45) is 0 Å². The molecular weight excluding hydrogens is 456 g/mol. The van der Waals surface area contributed by atoms with Crippen LogP contribution in [-0.4, -0.2) is 38.8 Å². The third-order valence-electron chi connectivity index (χ3n) is 4.71. The maximum atomic E-state index is 14.8. The van der Waals surface area contributed by atoms with Gasteiger partial charge < -0.3 is 25.3 Å². The van der Waals surface area contributed by atoms with Gasteiger partial charge in [-0.25, -0.2) is 18.6 Å². The summed E-state index contributed by atoms with van der Waals surface area (Å²) < 4.78 is 35.9. The Kier molecular flexibility index (Phi) is 7.86. The van der Waals surface area contributed by atoms with Crippen molar-refractivity contribution in [3.05, 3.63) is 65.7 Å². The number of nitrogens with one attached hydrogen (secondary N) is 3. The van der Waals surface area contributed by atoms with E-state index in [0.29, 0.717) is 6.54 Å². The first-order chi connectivity index (χ1) is 16.5. The lowest BCUT2D eigenvalue weighted by Crippen LogP contribution is -2.41. The number of aromatic nitrogens is 3. The minimum atomic E-state index is -0.755. The van der Waals surface area contributed by atoms with E-state index in [1.807, 2.05) is 35.2 Å². The Morgan fingerprint density at radius 2 is 1.91 bits per heavy atom. The van der Waals surface area contributed by atoms with E-state index >= 15 is 0 Å². The van der Waals surface area contributed by atoms with Crippen molar-refractivity contribution >= 4 is 23.4 Å². The smallest absolute Gasteiger partial charge is 0.407 e. The van der Waals surface area contributed by atoms with Crippen LogP contribution in [0.4, 0.5) is 30.9 Å². The molecule has 0 aliphatic carbocycles. The normalized spacial score (nSPS) is 11.9. The summed E-state index contributed by atoms with van der Waals surface area (Å²) >= 11 is 0. The van der Waals surface area contributed by atoms with E-state index < -0.39 is 29.4 Å². The molecule has 3 aromatic rings. The second-order valence-electron chi connectivity index (χ2n) is 8.85. The van der Waals surface area contributed by atoms with Gasteiger partial charge in [-0.2, -0.15) is 5.26 Å². The first kappa shape index (κ1) is 25.4. The number of hydrogen-bond donors (Lipinski definition) is 3. The first-order valence-corrected chi connectivity index (χ1v) is 10.9. The molecule has 0 saturated carbocycles. The molecule has 0 fully saturated rings. The molecule has 0 bridgehead atoms. The first-order valence-electron chi connectivity index (χ1n) is 10.9. The number of carbonyl (C=O) groups excluding carboxylic acids is 1. The Bertz CT molecular complexity index is 1220. The summed E-state index contributed by atoms with van der Waals surface area (Å²) in [6, 6.07) is 7.31. The molecular formula is C24H27F2N7O2. The van der Waals surface area contributed by atoms with Gasteiger partial charge in [-0.1, -0.05) is 0 Å². The van der Waals surface area contributed by atoms with E-state index in [0.717, 1.165) is 6.07 Å². The Balaban J connectivity index is 1.83. The number of ether oxygens (including phenoxy) is 1. The van der Waals surface area contributed by atoms with Crippen molar-refractivity contribution < 1.29 is 18.3 Å². The summed E-state index contributed by atoms with van der Waals surface area (Å²) in [7, 11) is 0. The van der Waals surface area contributed by atoms with Crippen LogP contribution >= 0.6 is 0 Å². The molecule has 0 aliphatic heterocycles. The average Bonchev–Trinajstić information content (AvgIpc) is 3.28. The van der Waals surface area contributed by atoms with E-state index in [1.165, 1.54) is 19.2 Å². The van der Waals surface area contributed by atoms with Crippen LogP contribution in [0.3, 0.4) is 0 Å². The van der Waals surface area contributed by atoms with Gasteiger partial charge in [0.25, 0.3) is 0 Å². The monoisotopic (exact) mass is 483 g/mol. The average molecular weight is 484 g/mol. The molecule has 35 heavy (non-hydrogen) atoms. The molecule has 3 rings (SSSR count). The Morgan fingerprint density at radius 1 is 1.20 bits per heavy atom. The van der Waals surface area contributed by atoms with E-state index in [2.05, 4.69) is 25.9 Å². The molecule has 9 nitrogen and oxygen atoms in total. The molecule has 0 radical (unpaired) electrons. The van der Waals surface area contributed by atoms with Gasteiger partial charge in [0.1, 0.15) is 17.5 Å². The van der Waals surface area contributed by atoms with Crippen LogP contribution in [-0.2, 0) is 11.3 Å². The lowest BCUT2D eigenvalue weighted by molar-refractivity contribution is 0.0524. The molecule has 0 aliphatic rings. The molecule has 3 N–H and O–H groups in total. The molecule has 11 heteroatoms. The predicted molar refractivity (Wildman–Crippen MR) is 127 cm³/mol. The number of alkyl carbamates (subject to hydrolysis) is 1. The summed E-state index contributed by atoms with van der Waals surface area (Å²) in [5, 5.41) is 17.9. The number of pyridine rings is 2. The van der Waals surface area contributed by atoms with E-state index in [4.69, 9.17) is 4.74 Å². The SMILES string of the molecule is Cc1ncc(Nc2nc(N[C@@H](CNC(=O)OC(C)(C)C)Cn3cccc3)c(F)cc2C#N)cc1F. The van der Waals surface area contributed by atoms with Gasteiger partial charge in [-0.15, -0.1) is 0 Å². The fraction of sp³-hybridized carbons (Fsp3) is 0.333. The number of amides is 1. The number of anilines is 3. The molecule has 0 aromatic carbocycles. The maximum absolute atomic E-state index is 14.8. The number of carbonyl (C=O) groups is 1. The third-order valence-corrected chi connectivity index (χ3v) is 4.71. The van der Waals surface area contributed by atoms with Crippen molar-refractivity contribution in [1.82, 2.24) is 19.9 Å². The van der Waals surface area contributed by atoms with Crippen LogP contribution in [0.25, 0.3) is 0 Å². The highest BCUT2D eigenvalue weighted by Gasteiger charge is 2.20. The molecule has 1 atom stereocenters. The van der Waals surface area contributed by atoms with Crippen LogP contribution in [0, 0.1) is 29.9 Å². The Hall–Kier alpha value is -4.20. The van der Waals surface area contributed by atoms with E-state index in [1.54, 1.807) is 20.8 Å². The largest absolute Gasteiger partial charge is 0.444 e. The number of halogens is 2. The fourth-order valence-corrected chi connectivity index (χ4v) is 3.10. The number of nitrogens with zero attached hydrogens (tertiary/aromatic N) is 4. The Labute approximate surface area is 202 Å². The van der Waals surface area contributed by atoms with Gasteiger partial charge in [0.15, 0.2) is 17.5 Å². The minimum Gasteiger partial charge on any atom is -0.444 e.